The van der Waals surface area contributed by atoms with Gasteiger partial charge in [-0.3, -0.25) is 0 Å². The molecule has 1 saturated heterocycles. The zero-order valence-corrected chi connectivity index (χ0v) is 15.2. The second-order valence-corrected chi connectivity index (χ2v) is 7.95. The van der Waals surface area contributed by atoms with Gasteiger partial charge in [0.15, 0.2) is 0 Å². The third-order valence-corrected chi connectivity index (χ3v) is 5.79. The molecule has 4 rings (SSSR count). The van der Waals surface area contributed by atoms with E-state index in [-0.39, 0.29) is 5.82 Å². The summed E-state index contributed by atoms with van der Waals surface area (Å²) in [6, 6.07) is 2.10. The third kappa shape index (κ3) is 2.50. The number of anilines is 2. The predicted octanol–water partition coefficient (Wildman–Crippen LogP) is 4.31. The van der Waals surface area contributed by atoms with E-state index in [1.54, 1.807) is 6.07 Å². The summed E-state index contributed by atoms with van der Waals surface area (Å²) in [7, 11) is 0. The summed E-state index contributed by atoms with van der Waals surface area (Å²) in [5.41, 5.74) is 4.25. The summed E-state index contributed by atoms with van der Waals surface area (Å²) in [6.45, 7) is 7.73. The van der Waals surface area contributed by atoms with Crippen LogP contribution in [0.2, 0.25) is 5.02 Å². The molecule has 0 unspecified atom stereocenters. The average molecular weight is 368 g/mol. The molecule has 0 N–H and O–H groups in total. The molecule has 2 nitrogen and oxygen atoms in total. The van der Waals surface area contributed by atoms with Crippen LogP contribution in [0.15, 0.2) is 24.4 Å². The topological polar surface area (TPSA) is 6.48 Å². The van der Waals surface area contributed by atoms with Crippen LogP contribution in [-0.2, 0) is 17.0 Å². The van der Waals surface area contributed by atoms with Gasteiger partial charge in [-0.15, -0.1) is 0 Å². The van der Waals surface area contributed by atoms with Crippen LogP contribution in [0.1, 0.15) is 31.7 Å². The molecule has 0 aromatic heterocycles. The predicted molar refractivity (Wildman–Crippen MR) is 91.5 cm³/mol. The Labute approximate surface area is 150 Å². The van der Waals surface area contributed by atoms with Crippen molar-refractivity contribution < 1.29 is 21.4 Å². The first-order valence-corrected chi connectivity index (χ1v) is 9.02. The molecule has 5 heteroatoms. The molecule has 3 aliphatic rings. The van der Waals surface area contributed by atoms with E-state index in [0.29, 0.717) is 16.8 Å². The standard InChI is InChI=1S/C18H18ClFN2.V/c1-11-10-22(13-5-6-13)17-14(12(11)2)9-15(20)18(16(17)19)21-7-3-4-8-21;/h9-10,13H,2-3,5-8H2,1H3;. The molecule has 1 aliphatic carbocycles. The summed E-state index contributed by atoms with van der Waals surface area (Å²) >= 11 is 9.32. The van der Waals surface area contributed by atoms with Crippen LogP contribution < -0.4 is 9.80 Å². The van der Waals surface area contributed by atoms with Crippen molar-refractivity contribution in [3.63, 3.8) is 0 Å². The van der Waals surface area contributed by atoms with Gasteiger partial charge < -0.3 is 0 Å². The summed E-state index contributed by atoms with van der Waals surface area (Å²) in [6.07, 6.45) is 5.42. The van der Waals surface area contributed by atoms with E-state index in [0.717, 1.165) is 54.7 Å². The second kappa shape index (κ2) is 5.51. The van der Waals surface area contributed by atoms with E-state index >= 15 is 0 Å². The van der Waals surface area contributed by atoms with Gasteiger partial charge in [-0.1, -0.05) is 0 Å². The fourth-order valence-electron chi connectivity index (χ4n) is 3.41. The van der Waals surface area contributed by atoms with Crippen LogP contribution in [0.25, 0.3) is 5.57 Å². The first-order chi connectivity index (χ1) is 11.0. The second-order valence-electron chi connectivity index (χ2n) is 6.58. The Morgan fingerprint density at radius 1 is 1.35 bits per heavy atom. The minimum atomic E-state index is -0.248. The number of fused-ring (bicyclic) bond motifs is 1. The average Bonchev–Trinajstić information content (AvgIpc) is 3.26. The number of allylic oxidation sites excluding steroid dienone is 2. The van der Waals surface area contributed by atoms with E-state index in [4.69, 9.17) is 11.6 Å². The molecule has 2 aliphatic heterocycles. The van der Waals surface area contributed by atoms with Crippen molar-refractivity contribution in [1.29, 1.82) is 0 Å². The van der Waals surface area contributed by atoms with Crippen LogP contribution in [-0.4, -0.2) is 23.4 Å². The quantitative estimate of drug-likeness (QED) is 0.768. The molecular weight excluding hydrogens is 350 g/mol. The Kier molecular flexibility index (Phi) is 3.71. The zero-order chi connectivity index (χ0) is 16.3. The number of nitrogens with zero attached hydrogens (tertiary/aromatic N) is 2. The molecule has 1 aromatic rings. The maximum atomic E-state index is 14.8. The van der Waals surface area contributed by atoms with Gasteiger partial charge in [0.1, 0.15) is 0 Å². The van der Waals surface area contributed by atoms with Gasteiger partial charge in [0, 0.05) is 0 Å². The summed E-state index contributed by atoms with van der Waals surface area (Å²) < 4.78 is 16.2. The Balaban J connectivity index is 1.88. The van der Waals surface area contributed by atoms with Gasteiger partial charge >= 0.3 is 150 Å². The van der Waals surface area contributed by atoms with Gasteiger partial charge in [-0.25, -0.2) is 0 Å². The monoisotopic (exact) mass is 367 g/mol. The molecule has 0 atom stereocenters. The molecule has 1 aromatic carbocycles. The van der Waals surface area contributed by atoms with Gasteiger partial charge in [-0.2, -0.15) is 0 Å². The van der Waals surface area contributed by atoms with Crippen LogP contribution in [0.4, 0.5) is 15.8 Å². The normalized spacial score (nSPS) is 20.9. The van der Waals surface area contributed by atoms with Crippen LogP contribution in [0.5, 0.6) is 0 Å². The van der Waals surface area contributed by atoms with Crippen molar-refractivity contribution in [3.8, 4) is 0 Å². The zero-order valence-electron chi connectivity index (χ0n) is 13.1. The number of rotatable bonds is 2. The van der Waals surface area contributed by atoms with Crippen molar-refractivity contribution in [2.75, 3.05) is 22.9 Å². The van der Waals surface area contributed by atoms with E-state index in [1.807, 2.05) is 11.8 Å². The summed E-state index contributed by atoms with van der Waals surface area (Å²) in [5.74, 6) is -0.248. The van der Waals surface area contributed by atoms with Crippen LogP contribution >= 0.6 is 11.6 Å². The number of benzene rings is 1. The minimum absolute atomic E-state index is 0.248. The first-order valence-electron chi connectivity index (χ1n) is 7.94. The van der Waals surface area contributed by atoms with Gasteiger partial charge in [0.2, 0.25) is 0 Å². The van der Waals surface area contributed by atoms with Crippen molar-refractivity contribution in [3.05, 3.63) is 40.8 Å². The Morgan fingerprint density at radius 2 is 2.09 bits per heavy atom. The van der Waals surface area contributed by atoms with Crippen molar-refractivity contribution in [2.45, 2.75) is 32.2 Å². The molecule has 1 saturated carbocycles. The molecule has 0 bridgehead atoms. The van der Waals surface area contributed by atoms with Crippen molar-refractivity contribution in [1.82, 2.24) is 0 Å². The van der Waals surface area contributed by atoms with Gasteiger partial charge in [-0.05, 0) is 0 Å². The fraction of sp³-hybridized carbons (Fsp3) is 0.389. The van der Waals surface area contributed by atoms with Crippen molar-refractivity contribution >= 4 is 32.8 Å². The van der Waals surface area contributed by atoms with Gasteiger partial charge in [0.05, 0.1) is 0 Å². The SMILES string of the molecule is C=C1C(C)=CN(C2CC2)c2c1cc(F)c(N1CC[C](=[V])C1)c2Cl. The number of halogens is 2. The van der Waals surface area contributed by atoms with E-state index in [1.165, 1.54) is 4.23 Å². The fourth-order valence-corrected chi connectivity index (χ4v) is 4.24. The molecular formula is C18H18ClFN2V. The molecule has 2 heterocycles. The third-order valence-electron chi connectivity index (χ3n) is 4.86. The Hall–Kier alpha value is -1.03. The molecule has 0 amide bonds. The van der Waals surface area contributed by atoms with E-state index in [2.05, 4.69) is 34.7 Å². The van der Waals surface area contributed by atoms with Gasteiger partial charge in [0.25, 0.3) is 0 Å². The molecule has 119 valence electrons. The summed E-state index contributed by atoms with van der Waals surface area (Å²) in [4.78, 5) is 4.28. The maximum absolute atomic E-state index is 14.8. The molecule has 23 heavy (non-hydrogen) atoms. The number of hydrogen-bond acceptors (Lipinski definition) is 2. The van der Waals surface area contributed by atoms with Crippen LogP contribution in [0.3, 0.4) is 0 Å². The Bertz CT molecular complexity index is 767. The molecule has 0 radical (unpaired) electrons. The molecule has 0 spiro atoms. The van der Waals surface area contributed by atoms with E-state index in [9.17, 15) is 4.39 Å². The van der Waals surface area contributed by atoms with Crippen molar-refractivity contribution in [2.24, 2.45) is 0 Å². The van der Waals surface area contributed by atoms with Crippen LogP contribution in [0, 0.1) is 5.82 Å². The van der Waals surface area contributed by atoms with E-state index < -0.39 is 0 Å². The molecule has 2 fully saturated rings. The number of hydrogen-bond donors (Lipinski definition) is 0. The Morgan fingerprint density at radius 3 is 2.70 bits per heavy atom. The first kappa shape index (κ1) is 15.5. The summed E-state index contributed by atoms with van der Waals surface area (Å²) in [5, 5.41) is 0.527.